The van der Waals surface area contributed by atoms with Crippen LogP contribution in [0.25, 0.3) is 0 Å². The summed E-state index contributed by atoms with van der Waals surface area (Å²) in [5.74, 6) is -0.847. The first kappa shape index (κ1) is 17.0. The van der Waals surface area contributed by atoms with Gasteiger partial charge >= 0.3 is 12.0 Å². The molecule has 0 spiro atoms. The minimum Gasteiger partial charge on any atom is -0.481 e. The third-order valence-electron chi connectivity index (χ3n) is 2.76. The molecule has 21 heavy (non-hydrogen) atoms. The fourth-order valence-corrected chi connectivity index (χ4v) is 2.09. The molecule has 3 N–H and O–H groups in total. The van der Waals surface area contributed by atoms with Gasteiger partial charge in [0.05, 0.1) is 11.3 Å². The number of aliphatic carboxylic acids is 1. The first-order chi connectivity index (χ1) is 9.92. The molecule has 0 fully saturated rings. The highest BCUT2D eigenvalue weighted by molar-refractivity contribution is 9.10. The van der Waals surface area contributed by atoms with Crippen molar-refractivity contribution in [3.63, 3.8) is 0 Å². The van der Waals surface area contributed by atoms with E-state index in [4.69, 9.17) is 10.4 Å². The number of carbonyl (C=O) groups excluding carboxylic acids is 1. The molecule has 1 atom stereocenters. The topological polar surface area (TPSA) is 102 Å². The Morgan fingerprint density at radius 1 is 1.48 bits per heavy atom. The standard InChI is InChI=1S/C14H16BrN3O3/c1-9(3-2-4-13(19)20)17-14(21)18-12-6-5-11(15)7-10(12)8-16/h5-7,9H,2-4H2,1H3,(H,19,20)(H2,17,18,21). The van der Waals surface area contributed by atoms with Gasteiger partial charge in [0.15, 0.2) is 0 Å². The zero-order valence-corrected chi connectivity index (χ0v) is 13.1. The van der Waals surface area contributed by atoms with Crippen LogP contribution in [0.1, 0.15) is 31.7 Å². The van der Waals surface area contributed by atoms with Crippen LogP contribution in [-0.4, -0.2) is 23.1 Å². The summed E-state index contributed by atoms with van der Waals surface area (Å²) in [6.45, 7) is 1.80. The molecule has 0 saturated carbocycles. The van der Waals surface area contributed by atoms with E-state index in [0.29, 0.717) is 24.1 Å². The monoisotopic (exact) mass is 353 g/mol. The van der Waals surface area contributed by atoms with E-state index >= 15 is 0 Å². The van der Waals surface area contributed by atoms with Crippen LogP contribution >= 0.6 is 15.9 Å². The summed E-state index contributed by atoms with van der Waals surface area (Å²) in [5, 5.41) is 22.9. The third-order valence-corrected chi connectivity index (χ3v) is 3.25. The summed E-state index contributed by atoms with van der Waals surface area (Å²) in [6.07, 6.45) is 1.16. The number of benzene rings is 1. The smallest absolute Gasteiger partial charge is 0.319 e. The van der Waals surface area contributed by atoms with E-state index in [-0.39, 0.29) is 12.5 Å². The van der Waals surface area contributed by atoms with Gasteiger partial charge in [-0.1, -0.05) is 15.9 Å². The van der Waals surface area contributed by atoms with Gasteiger partial charge in [0.25, 0.3) is 0 Å². The van der Waals surface area contributed by atoms with Crippen LogP contribution in [0.5, 0.6) is 0 Å². The number of nitrogens with one attached hydrogen (secondary N) is 2. The Balaban J connectivity index is 2.50. The maximum absolute atomic E-state index is 11.8. The average molecular weight is 354 g/mol. The Kier molecular flexibility index (Phi) is 6.69. The van der Waals surface area contributed by atoms with Crippen molar-refractivity contribution in [3.8, 4) is 6.07 Å². The van der Waals surface area contributed by atoms with E-state index in [1.165, 1.54) is 0 Å². The number of carbonyl (C=O) groups is 2. The zero-order chi connectivity index (χ0) is 15.8. The summed E-state index contributed by atoms with van der Waals surface area (Å²) >= 11 is 3.26. The number of carboxylic acids is 1. The summed E-state index contributed by atoms with van der Waals surface area (Å²) in [6, 6.07) is 6.42. The Morgan fingerprint density at radius 2 is 2.19 bits per heavy atom. The second-order valence-electron chi connectivity index (χ2n) is 4.59. The van der Waals surface area contributed by atoms with E-state index in [2.05, 4.69) is 26.6 Å². The number of urea groups is 1. The van der Waals surface area contributed by atoms with Gasteiger partial charge in [0.2, 0.25) is 0 Å². The van der Waals surface area contributed by atoms with E-state index < -0.39 is 12.0 Å². The lowest BCUT2D eigenvalue weighted by Crippen LogP contribution is -2.36. The van der Waals surface area contributed by atoms with Crippen LogP contribution in [-0.2, 0) is 4.79 Å². The number of hydrogen-bond acceptors (Lipinski definition) is 3. The minimum atomic E-state index is -0.847. The van der Waals surface area contributed by atoms with Crippen molar-refractivity contribution in [2.75, 3.05) is 5.32 Å². The Bertz CT molecular complexity index is 569. The molecule has 6 nitrogen and oxygen atoms in total. The van der Waals surface area contributed by atoms with E-state index in [1.807, 2.05) is 6.07 Å². The minimum absolute atomic E-state index is 0.0823. The van der Waals surface area contributed by atoms with Crippen molar-refractivity contribution >= 4 is 33.6 Å². The van der Waals surface area contributed by atoms with Gasteiger partial charge in [0.1, 0.15) is 6.07 Å². The van der Waals surface area contributed by atoms with Crippen molar-refractivity contribution in [1.82, 2.24) is 5.32 Å². The first-order valence-corrected chi connectivity index (χ1v) is 7.20. The molecule has 1 aromatic carbocycles. The van der Waals surface area contributed by atoms with Crippen molar-refractivity contribution < 1.29 is 14.7 Å². The molecule has 0 aliphatic heterocycles. The molecule has 1 rings (SSSR count). The number of nitriles is 1. The quantitative estimate of drug-likeness (QED) is 0.730. The number of anilines is 1. The van der Waals surface area contributed by atoms with Crippen LogP contribution < -0.4 is 10.6 Å². The Morgan fingerprint density at radius 3 is 2.81 bits per heavy atom. The molecule has 0 heterocycles. The summed E-state index contributed by atoms with van der Waals surface area (Å²) < 4.78 is 0.757. The molecule has 1 aromatic rings. The molecule has 112 valence electrons. The largest absolute Gasteiger partial charge is 0.481 e. The molecule has 2 amide bonds. The second-order valence-corrected chi connectivity index (χ2v) is 5.50. The number of amides is 2. The molecular formula is C14H16BrN3O3. The van der Waals surface area contributed by atoms with Gasteiger partial charge in [-0.3, -0.25) is 4.79 Å². The molecule has 0 radical (unpaired) electrons. The molecule has 0 aliphatic carbocycles. The van der Waals surface area contributed by atoms with Crippen molar-refractivity contribution in [2.24, 2.45) is 0 Å². The number of halogens is 1. The molecule has 0 bridgehead atoms. The highest BCUT2D eigenvalue weighted by Gasteiger charge is 2.10. The summed E-state index contributed by atoms with van der Waals surface area (Å²) in [7, 11) is 0. The van der Waals surface area contributed by atoms with Crippen molar-refractivity contribution in [3.05, 3.63) is 28.2 Å². The fraction of sp³-hybridized carbons (Fsp3) is 0.357. The summed E-state index contributed by atoms with van der Waals surface area (Å²) in [5.41, 5.74) is 0.786. The predicted octanol–water partition coefficient (Wildman–Crippen LogP) is 3.09. The zero-order valence-electron chi connectivity index (χ0n) is 11.5. The highest BCUT2D eigenvalue weighted by atomic mass is 79.9. The third kappa shape index (κ3) is 6.27. The molecule has 0 aromatic heterocycles. The molecule has 0 saturated heterocycles. The van der Waals surface area contributed by atoms with Gasteiger partial charge in [-0.15, -0.1) is 0 Å². The lowest BCUT2D eigenvalue weighted by molar-refractivity contribution is -0.137. The maximum atomic E-state index is 11.8. The van der Waals surface area contributed by atoms with E-state index in [9.17, 15) is 9.59 Å². The van der Waals surface area contributed by atoms with Gasteiger partial charge in [-0.25, -0.2) is 4.79 Å². The van der Waals surface area contributed by atoms with Crippen LogP contribution in [0.3, 0.4) is 0 Å². The van der Waals surface area contributed by atoms with Crippen LogP contribution in [0.2, 0.25) is 0 Å². The SMILES string of the molecule is CC(CCCC(=O)O)NC(=O)Nc1ccc(Br)cc1C#N. The first-order valence-electron chi connectivity index (χ1n) is 6.41. The van der Waals surface area contributed by atoms with Crippen LogP contribution in [0.15, 0.2) is 22.7 Å². The predicted molar refractivity (Wildman–Crippen MR) is 82.0 cm³/mol. The molecule has 1 unspecified atom stereocenters. The van der Waals surface area contributed by atoms with Gasteiger partial charge in [-0.05, 0) is 38.0 Å². The number of rotatable bonds is 6. The molecule has 0 aliphatic rings. The lowest BCUT2D eigenvalue weighted by Gasteiger charge is -2.14. The second kappa shape index (κ2) is 8.27. The molecular weight excluding hydrogens is 338 g/mol. The highest BCUT2D eigenvalue weighted by Crippen LogP contribution is 2.20. The number of carboxylic acid groups (broad SMARTS) is 1. The van der Waals surface area contributed by atoms with Crippen molar-refractivity contribution in [2.45, 2.75) is 32.2 Å². The number of nitrogens with zero attached hydrogens (tertiary/aromatic N) is 1. The van der Waals surface area contributed by atoms with Gasteiger partial charge in [-0.2, -0.15) is 5.26 Å². The fourth-order valence-electron chi connectivity index (χ4n) is 1.73. The Labute approximate surface area is 131 Å². The normalized spacial score (nSPS) is 11.3. The maximum Gasteiger partial charge on any atom is 0.319 e. The van der Waals surface area contributed by atoms with Gasteiger partial charge < -0.3 is 15.7 Å². The van der Waals surface area contributed by atoms with Crippen LogP contribution in [0, 0.1) is 11.3 Å². The van der Waals surface area contributed by atoms with Crippen molar-refractivity contribution in [1.29, 1.82) is 5.26 Å². The number of hydrogen-bond donors (Lipinski definition) is 3. The van der Waals surface area contributed by atoms with E-state index in [0.717, 1.165) is 4.47 Å². The Hall–Kier alpha value is -2.07. The van der Waals surface area contributed by atoms with Gasteiger partial charge in [0, 0.05) is 16.9 Å². The van der Waals surface area contributed by atoms with E-state index in [1.54, 1.807) is 25.1 Å². The summed E-state index contributed by atoms with van der Waals surface area (Å²) in [4.78, 5) is 22.2. The van der Waals surface area contributed by atoms with Crippen LogP contribution in [0.4, 0.5) is 10.5 Å². The lowest BCUT2D eigenvalue weighted by atomic mass is 10.1. The molecule has 7 heteroatoms. The average Bonchev–Trinajstić information content (AvgIpc) is 2.40.